The number of ether oxygens (including phenoxy) is 1. The average molecular weight is 417 g/mol. The molecule has 0 unspecified atom stereocenters. The van der Waals surface area contributed by atoms with Crippen molar-refractivity contribution in [1.82, 2.24) is 4.90 Å². The molecule has 0 spiro atoms. The number of likely N-dealkylation sites (tertiary alicyclic amines) is 1. The highest BCUT2D eigenvalue weighted by molar-refractivity contribution is 6.08. The second-order valence-electron chi connectivity index (χ2n) is 7.85. The van der Waals surface area contributed by atoms with Gasteiger partial charge in [0.15, 0.2) is 12.4 Å². The second-order valence-corrected chi connectivity index (χ2v) is 7.85. The summed E-state index contributed by atoms with van der Waals surface area (Å²) in [6.45, 7) is 1.01. The van der Waals surface area contributed by atoms with E-state index in [2.05, 4.69) is 0 Å². The van der Waals surface area contributed by atoms with E-state index in [4.69, 9.17) is 4.74 Å². The SMILES string of the molecule is C[C@@H](C(=O)OCC(=O)c1ccc(-c2ccccc2)cc1)N1C(=O)[C@H]2CC=CC[C@@H]2C1=O. The van der Waals surface area contributed by atoms with Crippen LogP contribution in [0.15, 0.2) is 66.7 Å². The predicted molar refractivity (Wildman–Crippen MR) is 114 cm³/mol. The van der Waals surface area contributed by atoms with E-state index in [1.165, 1.54) is 6.92 Å². The van der Waals surface area contributed by atoms with Crippen molar-refractivity contribution in [3.63, 3.8) is 0 Å². The molecule has 1 aliphatic carbocycles. The minimum absolute atomic E-state index is 0.341. The van der Waals surface area contributed by atoms with Crippen molar-refractivity contribution in [2.75, 3.05) is 6.61 Å². The number of Topliss-reactive ketones (excluding diaryl/α,β-unsaturated/α-hetero) is 1. The fraction of sp³-hybridized carbons (Fsp3) is 0.280. The molecule has 0 radical (unpaired) electrons. The summed E-state index contributed by atoms with van der Waals surface area (Å²) in [5.41, 5.74) is 2.44. The first-order chi connectivity index (χ1) is 15.0. The van der Waals surface area contributed by atoms with Gasteiger partial charge in [0, 0.05) is 5.56 Å². The molecule has 31 heavy (non-hydrogen) atoms. The first-order valence-corrected chi connectivity index (χ1v) is 10.3. The molecule has 1 saturated heterocycles. The summed E-state index contributed by atoms with van der Waals surface area (Å²) >= 11 is 0. The molecule has 6 nitrogen and oxygen atoms in total. The number of fused-ring (bicyclic) bond motifs is 1. The molecule has 2 aliphatic rings. The molecule has 2 amide bonds. The lowest BCUT2D eigenvalue weighted by molar-refractivity contribution is -0.157. The van der Waals surface area contributed by atoms with Crippen LogP contribution in [0.2, 0.25) is 0 Å². The van der Waals surface area contributed by atoms with Crippen LogP contribution >= 0.6 is 0 Å². The van der Waals surface area contributed by atoms with Crippen molar-refractivity contribution < 1.29 is 23.9 Å². The van der Waals surface area contributed by atoms with E-state index in [-0.39, 0.29) is 17.6 Å². The van der Waals surface area contributed by atoms with E-state index in [0.29, 0.717) is 18.4 Å². The second kappa shape index (κ2) is 8.68. The number of nitrogens with zero attached hydrogens (tertiary/aromatic N) is 1. The Balaban J connectivity index is 1.35. The van der Waals surface area contributed by atoms with Crippen molar-refractivity contribution in [3.05, 3.63) is 72.3 Å². The normalized spacial score (nSPS) is 21.0. The monoisotopic (exact) mass is 417 g/mol. The first kappa shape index (κ1) is 20.7. The number of hydrogen-bond acceptors (Lipinski definition) is 5. The van der Waals surface area contributed by atoms with Gasteiger partial charge in [-0.25, -0.2) is 4.79 Å². The number of hydrogen-bond donors (Lipinski definition) is 0. The van der Waals surface area contributed by atoms with Crippen LogP contribution in [0, 0.1) is 11.8 Å². The van der Waals surface area contributed by atoms with Gasteiger partial charge in [0.2, 0.25) is 11.8 Å². The van der Waals surface area contributed by atoms with Gasteiger partial charge in [-0.1, -0.05) is 66.7 Å². The lowest BCUT2D eigenvalue weighted by Gasteiger charge is -2.21. The van der Waals surface area contributed by atoms with Crippen LogP contribution < -0.4 is 0 Å². The lowest BCUT2D eigenvalue weighted by atomic mass is 9.85. The van der Waals surface area contributed by atoms with E-state index in [1.807, 2.05) is 54.6 Å². The van der Waals surface area contributed by atoms with E-state index < -0.39 is 30.5 Å². The molecule has 0 aromatic heterocycles. The molecule has 2 aromatic carbocycles. The number of imide groups is 1. The van der Waals surface area contributed by atoms with Gasteiger partial charge >= 0.3 is 5.97 Å². The van der Waals surface area contributed by atoms with Crippen LogP contribution in [-0.4, -0.2) is 41.1 Å². The summed E-state index contributed by atoms with van der Waals surface area (Å²) in [6, 6.07) is 15.8. The molecule has 0 N–H and O–H groups in total. The van der Waals surface area contributed by atoms with E-state index in [1.54, 1.807) is 12.1 Å². The Morgan fingerprint density at radius 3 is 2.03 bits per heavy atom. The van der Waals surface area contributed by atoms with Crippen molar-refractivity contribution in [3.8, 4) is 11.1 Å². The Morgan fingerprint density at radius 1 is 0.903 bits per heavy atom. The molecule has 1 heterocycles. The molecule has 1 fully saturated rings. The highest BCUT2D eigenvalue weighted by atomic mass is 16.5. The van der Waals surface area contributed by atoms with Crippen LogP contribution in [0.25, 0.3) is 11.1 Å². The van der Waals surface area contributed by atoms with E-state index in [9.17, 15) is 19.2 Å². The van der Waals surface area contributed by atoms with Crippen molar-refractivity contribution >= 4 is 23.6 Å². The zero-order valence-electron chi connectivity index (χ0n) is 17.2. The standard InChI is InChI=1S/C25H23NO5/c1-16(26-23(28)20-9-5-6-10-21(20)24(26)29)25(30)31-15-22(27)19-13-11-18(12-14-19)17-7-3-2-4-8-17/h2-8,11-14,16,20-21H,9-10,15H2,1H3/t16-,20-,21-/m0/s1. The van der Waals surface area contributed by atoms with Gasteiger partial charge in [0.25, 0.3) is 0 Å². The van der Waals surface area contributed by atoms with E-state index in [0.717, 1.165) is 16.0 Å². The molecule has 0 saturated carbocycles. The highest BCUT2D eigenvalue weighted by Gasteiger charge is 2.50. The number of rotatable bonds is 6. The van der Waals surface area contributed by atoms with Gasteiger partial charge in [-0.3, -0.25) is 19.3 Å². The Hall–Kier alpha value is -3.54. The summed E-state index contributed by atoms with van der Waals surface area (Å²) < 4.78 is 5.15. The summed E-state index contributed by atoms with van der Waals surface area (Å²) in [6.07, 6.45) is 4.79. The Kier molecular flexibility index (Phi) is 5.80. The largest absolute Gasteiger partial charge is 0.456 e. The van der Waals surface area contributed by atoms with Crippen LogP contribution in [0.4, 0.5) is 0 Å². The maximum Gasteiger partial charge on any atom is 0.329 e. The molecule has 0 bridgehead atoms. The van der Waals surface area contributed by atoms with Crippen LogP contribution in [0.1, 0.15) is 30.1 Å². The zero-order valence-corrected chi connectivity index (χ0v) is 17.2. The molecule has 1 aliphatic heterocycles. The fourth-order valence-corrected chi connectivity index (χ4v) is 4.13. The predicted octanol–water partition coefficient (Wildman–Crippen LogP) is 3.42. The fourth-order valence-electron chi connectivity index (χ4n) is 4.13. The van der Waals surface area contributed by atoms with Crippen LogP contribution in [0.3, 0.4) is 0 Å². The van der Waals surface area contributed by atoms with Gasteiger partial charge < -0.3 is 4.74 Å². The molecule has 2 aromatic rings. The lowest BCUT2D eigenvalue weighted by Crippen LogP contribution is -2.44. The summed E-state index contributed by atoms with van der Waals surface area (Å²) in [5.74, 6) is -2.60. The number of allylic oxidation sites excluding steroid dienone is 2. The number of amides is 2. The highest BCUT2D eigenvalue weighted by Crippen LogP contribution is 2.36. The van der Waals surface area contributed by atoms with Gasteiger partial charge in [0.05, 0.1) is 11.8 Å². The Labute approximate surface area is 180 Å². The minimum atomic E-state index is -1.06. The van der Waals surface area contributed by atoms with Crippen LogP contribution in [0.5, 0.6) is 0 Å². The summed E-state index contributed by atoms with van der Waals surface area (Å²) in [7, 11) is 0. The zero-order chi connectivity index (χ0) is 22.0. The number of esters is 1. The van der Waals surface area contributed by atoms with E-state index >= 15 is 0 Å². The maximum absolute atomic E-state index is 12.6. The number of carbonyl (C=O) groups excluding carboxylic acids is 4. The molecule has 3 atom stereocenters. The van der Waals surface area contributed by atoms with Crippen molar-refractivity contribution in [1.29, 1.82) is 0 Å². The maximum atomic E-state index is 12.6. The molecular weight excluding hydrogens is 394 g/mol. The number of ketones is 1. The summed E-state index contributed by atoms with van der Waals surface area (Å²) in [4.78, 5) is 51.1. The Morgan fingerprint density at radius 2 is 1.45 bits per heavy atom. The minimum Gasteiger partial charge on any atom is -0.456 e. The van der Waals surface area contributed by atoms with Gasteiger partial charge in [-0.05, 0) is 30.9 Å². The van der Waals surface area contributed by atoms with Crippen LogP contribution in [-0.2, 0) is 19.1 Å². The third kappa shape index (κ3) is 4.06. The third-order valence-corrected chi connectivity index (χ3v) is 5.93. The quantitative estimate of drug-likeness (QED) is 0.311. The molecule has 6 heteroatoms. The molecular formula is C25H23NO5. The number of benzene rings is 2. The molecule has 4 rings (SSSR count). The van der Waals surface area contributed by atoms with Gasteiger partial charge in [-0.2, -0.15) is 0 Å². The topological polar surface area (TPSA) is 80.8 Å². The third-order valence-electron chi connectivity index (χ3n) is 5.93. The first-order valence-electron chi connectivity index (χ1n) is 10.3. The number of carbonyl (C=O) groups is 4. The van der Waals surface area contributed by atoms with Crippen molar-refractivity contribution in [2.45, 2.75) is 25.8 Å². The summed E-state index contributed by atoms with van der Waals surface area (Å²) in [5, 5.41) is 0. The van der Waals surface area contributed by atoms with Gasteiger partial charge in [0.1, 0.15) is 6.04 Å². The smallest absolute Gasteiger partial charge is 0.329 e. The van der Waals surface area contributed by atoms with Crippen molar-refractivity contribution in [2.24, 2.45) is 11.8 Å². The average Bonchev–Trinajstić information content (AvgIpc) is 3.07. The Bertz CT molecular complexity index is 1020. The van der Waals surface area contributed by atoms with Gasteiger partial charge in [-0.15, -0.1) is 0 Å². The molecule has 158 valence electrons.